The van der Waals surface area contributed by atoms with Gasteiger partial charge in [-0.05, 0) is 106 Å². The summed E-state index contributed by atoms with van der Waals surface area (Å²) >= 11 is 0. The largest absolute Gasteiger partial charge is 0.494 e. The Labute approximate surface area is 430 Å². The predicted molar refractivity (Wildman–Crippen MR) is 273 cm³/mol. The number of hydrogen-bond donors (Lipinski definition) is 3. The molecule has 0 saturated carbocycles. The maximum Gasteiger partial charge on any atom is 0.407 e. The standard InChI is InChI=1S/C54H78N4O15/c59-47(23-28-58-51(61)21-22-52(58)62)10-6-29-65-34-38-70-42-43-71-41-37-68-33-24-50(60)56-26-9-32-72-48-19-15-45(16-20-48)53(63)44-13-17-46(18-14-44)55-25-7-30-66-35-39-69-40-36-67-31-8-27-57-54(64)73-49-11-4-2-1-3-5-12-49/h1-2,13-22,49,55H,3-12,23-43H2,(H,56,60)(H,57,64)/b2-1+. The van der Waals surface area contributed by atoms with E-state index in [1.165, 1.54) is 12.2 Å². The number of carbonyl (C=O) groups excluding carboxylic acids is 6. The first-order valence-electron chi connectivity index (χ1n) is 25.9. The van der Waals surface area contributed by atoms with Crippen LogP contribution in [-0.2, 0) is 57.1 Å². The summed E-state index contributed by atoms with van der Waals surface area (Å²) in [6.45, 7) is 8.30. The number of nitrogens with zero attached hydrogens (tertiary/aromatic N) is 1. The molecule has 2 aliphatic rings. The van der Waals surface area contributed by atoms with Gasteiger partial charge in [-0.3, -0.25) is 28.9 Å². The van der Waals surface area contributed by atoms with Gasteiger partial charge in [-0.1, -0.05) is 12.2 Å². The number of Topliss-reactive ketones (excluding diaryl/α,β-unsaturated/α-hetero) is 1. The first kappa shape index (κ1) is 60.0. The van der Waals surface area contributed by atoms with Crippen LogP contribution in [0.2, 0.25) is 0 Å². The van der Waals surface area contributed by atoms with Crippen LogP contribution in [0.4, 0.5) is 10.5 Å². The van der Waals surface area contributed by atoms with Crippen molar-refractivity contribution < 1.29 is 71.4 Å². The lowest BCUT2D eigenvalue weighted by molar-refractivity contribution is -0.137. The summed E-state index contributed by atoms with van der Waals surface area (Å²) < 4.78 is 50.1. The molecule has 1 atom stereocenters. The molecule has 0 saturated heterocycles. The summed E-state index contributed by atoms with van der Waals surface area (Å²) in [4.78, 5) is 73.4. The van der Waals surface area contributed by atoms with Gasteiger partial charge < -0.3 is 58.6 Å². The third-order valence-electron chi connectivity index (χ3n) is 11.3. The minimum absolute atomic E-state index is 0.00765. The molecule has 0 spiro atoms. The van der Waals surface area contributed by atoms with Crippen LogP contribution in [0.5, 0.6) is 5.75 Å². The maximum absolute atomic E-state index is 13.1. The number of benzene rings is 2. The number of hydrogen-bond acceptors (Lipinski definition) is 16. The smallest absolute Gasteiger partial charge is 0.407 e. The average Bonchev–Trinajstić information content (AvgIpc) is 3.71. The van der Waals surface area contributed by atoms with E-state index >= 15 is 0 Å². The number of ketones is 2. The number of amides is 4. The van der Waals surface area contributed by atoms with Crippen molar-refractivity contribution in [2.45, 2.75) is 83.2 Å². The lowest BCUT2D eigenvalue weighted by atomic mass is 10.0. The molecule has 1 aliphatic heterocycles. The summed E-state index contributed by atoms with van der Waals surface area (Å²) in [5.74, 6) is -0.344. The zero-order valence-corrected chi connectivity index (χ0v) is 42.5. The number of allylic oxidation sites excluding steroid dienone is 2. The van der Waals surface area contributed by atoms with Crippen molar-refractivity contribution in [3.8, 4) is 5.75 Å². The first-order valence-corrected chi connectivity index (χ1v) is 25.9. The zero-order chi connectivity index (χ0) is 51.8. The number of rotatable bonds is 42. The van der Waals surface area contributed by atoms with Gasteiger partial charge in [0.25, 0.3) is 11.8 Å². The van der Waals surface area contributed by atoms with Gasteiger partial charge in [-0.15, -0.1) is 0 Å². The van der Waals surface area contributed by atoms with Gasteiger partial charge in [-0.2, -0.15) is 0 Å². The number of imide groups is 1. The van der Waals surface area contributed by atoms with Gasteiger partial charge in [-0.25, -0.2) is 4.79 Å². The molecule has 0 fully saturated rings. The monoisotopic (exact) mass is 1020 g/mol. The fourth-order valence-corrected chi connectivity index (χ4v) is 7.25. The topological polar surface area (TPSA) is 225 Å². The predicted octanol–water partition coefficient (Wildman–Crippen LogP) is 5.78. The minimum Gasteiger partial charge on any atom is -0.494 e. The molecule has 73 heavy (non-hydrogen) atoms. The highest BCUT2D eigenvalue weighted by molar-refractivity contribution is 6.13. The van der Waals surface area contributed by atoms with Crippen LogP contribution < -0.4 is 20.7 Å². The molecule has 1 heterocycles. The summed E-state index contributed by atoms with van der Waals surface area (Å²) in [6, 6.07) is 14.4. The second-order valence-corrected chi connectivity index (χ2v) is 17.1. The number of anilines is 1. The molecule has 2 aromatic carbocycles. The van der Waals surface area contributed by atoms with Crippen molar-refractivity contribution in [2.24, 2.45) is 0 Å². The Balaban J connectivity index is 0.864. The Kier molecular flexibility index (Phi) is 32.1. The molecule has 1 unspecified atom stereocenters. The third-order valence-corrected chi connectivity index (χ3v) is 11.3. The zero-order valence-electron chi connectivity index (χ0n) is 42.5. The molecule has 19 nitrogen and oxygen atoms in total. The number of nitrogens with one attached hydrogen (secondary N) is 3. The SMILES string of the molecule is O=C(CCCOCCOCCOCCOCCC(=O)NCCCOc1ccc(C(=O)c2ccc(NCCCOCCOCCOCCCNC(=O)OC3CC/C=C/CCC3)cc2)cc1)CCN1C(=O)C=CC1=O. The second-order valence-electron chi connectivity index (χ2n) is 17.1. The third kappa shape index (κ3) is 28.5. The molecular formula is C54H78N4O15. The summed E-state index contributed by atoms with van der Waals surface area (Å²) in [5, 5.41) is 9.02. The molecule has 4 amide bonds. The Morgan fingerprint density at radius 1 is 0.521 bits per heavy atom. The number of carbonyl (C=O) groups is 6. The summed E-state index contributed by atoms with van der Waals surface area (Å²) in [7, 11) is 0. The van der Waals surface area contributed by atoms with Gasteiger partial charge in [0.15, 0.2) is 5.78 Å². The van der Waals surface area contributed by atoms with Gasteiger partial charge in [0.2, 0.25) is 5.91 Å². The van der Waals surface area contributed by atoms with Crippen molar-refractivity contribution in [1.82, 2.24) is 15.5 Å². The van der Waals surface area contributed by atoms with Crippen molar-refractivity contribution in [2.75, 3.05) is 131 Å². The first-order chi connectivity index (χ1) is 35.8. The van der Waals surface area contributed by atoms with E-state index in [9.17, 15) is 28.8 Å². The van der Waals surface area contributed by atoms with Crippen molar-refractivity contribution in [3.05, 3.63) is 84.0 Å². The molecule has 3 N–H and O–H groups in total. The lowest BCUT2D eigenvalue weighted by Gasteiger charge is -2.18. The van der Waals surface area contributed by atoms with Crippen LogP contribution in [0, 0.1) is 0 Å². The molecule has 2 aromatic rings. The summed E-state index contributed by atoms with van der Waals surface area (Å²) in [5.41, 5.74) is 2.06. The van der Waals surface area contributed by atoms with Gasteiger partial charge in [0.1, 0.15) is 17.6 Å². The van der Waals surface area contributed by atoms with E-state index < -0.39 is 0 Å². The maximum atomic E-state index is 13.1. The highest BCUT2D eigenvalue weighted by atomic mass is 16.6. The van der Waals surface area contributed by atoms with Crippen molar-refractivity contribution in [3.63, 3.8) is 0 Å². The molecular weight excluding hydrogens is 945 g/mol. The van der Waals surface area contributed by atoms with Crippen LogP contribution in [0.1, 0.15) is 93.0 Å². The van der Waals surface area contributed by atoms with Gasteiger partial charge in [0.05, 0.1) is 79.3 Å². The molecule has 404 valence electrons. The van der Waals surface area contributed by atoms with Gasteiger partial charge in [0, 0.05) is 94.2 Å². The van der Waals surface area contributed by atoms with Crippen molar-refractivity contribution in [1.29, 1.82) is 0 Å². The van der Waals surface area contributed by atoms with Crippen LogP contribution in [0.15, 0.2) is 72.8 Å². The molecule has 0 radical (unpaired) electrons. The quantitative estimate of drug-likeness (QED) is 0.0310. The van der Waals surface area contributed by atoms with Crippen LogP contribution in [0.25, 0.3) is 0 Å². The second kappa shape index (κ2) is 39.0. The van der Waals surface area contributed by atoms with Crippen LogP contribution >= 0.6 is 0 Å². The highest BCUT2D eigenvalue weighted by Gasteiger charge is 2.23. The Hall–Kier alpha value is -5.54. The van der Waals surface area contributed by atoms with E-state index in [2.05, 4.69) is 28.1 Å². The van der Waals surface area contributed by atoms with Crippen LogP contribution in [0.3, 0.4) is 0 Å². The Morgan fingerprint density at radius 3 is 1.67 bits per heavy atom. The van der Waals surface area contributed by atoms with E-state index in [4.69, 9.17) is 42.6 Å². The normalized spacial score (nSPS) is 14.9. The van der Waals surface area contributed by atoms with E-state index in [-0.39, 0.29) is 67.5 Å². The molecule has 0 bridgehead atoms. The molecule has 1 aliphatic carbocycles. The van der Waals surface area contributed by atoms with E-state index in [1.807, 2.05) is 12.1 Å². The molecule has 0 aromatic heterocycles. The highest BCUT2D eigenvalue weighted by Crippen LogP contribution is 2.18. The average molecular weight is 1020 g/mol. The van der Waals surface area contributed by atoms with Crippen LogP contribution in [-0.4, -0.2) is 172 Å². The molecule has 4 rings (SSSR count). The Morgan fingerprint density at radius 2 is 1.04 bits per heavy atom. The van der Waals surface area contributed by atoms with Gasteiger partial charge >= 0.3 is 6.09 Å². The van der Waals surface area contributed by atoms with E-state index in [1.54, 1.807) is 36.4 Å². The molecule has 19 heteroatoms. The minimum atomic E-state index is -0.383. The fourth-order valence-electron chi connectivity index (χ4n) is 7.25. The Bertz CT molecular complexity index is 1930. The number of ether oxygens (including phenoxy) is 9. The lowest BCUT2D eigenvalue weighted by Crippen LogP contribution is -2.32. The fraction of sp³-hybridized carbons (Fsp3) is 0.593. The van der Waals surface area contributed by atoms with Crippen molar-refractivity contribution >= 4 is 41.1 Å². The van der Waals surface area contributed by atoms with E-state index in [0.29, 0.717) is 148 Å². The summed E-state index contributed by atoms with van der Waals surface area (Å²) in [6.07, 6.45) is 14.6. The number of alkyl carbamates (subject to hydrolysis) is 1. The van der Waals surface area contributed by atoms with E-state index in [0.717, 1.165) is 55.7 Å².